The van der Waals surface area contributed by atoms with Gasteiger partial charge in [0, 0.05) is 17.1 Å². The summed E-state index contributed by atoms with van der Waals surface area (Å²) in [5, 5.41) is 9.15. The van der Waals surface area contributed by atoms with Crippen LogP contribution in [0.1, 0.15) is 41.5 Å². The number of hydrogen-bond acceptors (Lipinski definition) is 2. The van der Waals surface area contributed by atoms with Gasteiger partial charge in [0.05, 0.1) is 0 Å². The Hall–Kier alpha value is -1.70. The summed E-state index contributed by atoms with van der Waals surface area (Å²) in [6.07, 6.45) is 0. The van der Waals surface area contributed by atoms with E-state index >= 15 is 0 Å². The molecule has 0 aliphatic rings. The van der Waals surface area contributed by atoms with Crippen molar-refractivity contribution >= 4 is 5.69 Å². The highest BCUT2D eigenvalue weighted by Gasteiger charge is 2.06. The predicted molar refractivity (Wildman–Crippen MR) is 82.9 cm³/mol. The first kappa shape index (κ1) is 18.7. The zero-order valence-electron chi connectivity index (χ0n) is 12.6. The van der Waals surface area contributed by atoms with Crippen molar-refractivity contribution in [2.75, 3.05) is 4.90 Å². The van der Waals surface area contributed by atoms with E-state index in [9.17, 15) is 0 Å². The van der Waals surface area contributed by atoms with E-state index < -0.39 is 0 Å². The van der Waals surface area contributed by atoms with E-state index in [1.54, 1.807) is 12.1 Å². The van der Waals surface area contributed by atoms with Gasteiger partial charge in [-0.2, -0.15) is 0 Å². The predicted octanol–water partition coefficient (Wildman–Crippen LogP) is 5.32. The van der Waals surface area contributed by atoms with Crippen LogP contribution in [0.5, 0.6) is 5.75 Å². The van der Waals surface area contributed by atoms with Crippen LogP contribution in [-0.4, -0.2) is 5.11 Å². The van der Waals surface area contributed by atoms with Crippen LogP contribution < -0.4 is 4.90 Å². The largest absolute Gasteiger partial charge is 0.508 e. The summed E-state index contributed by atoms with van der Waals surface area (Å²) in [5.41, 5.74) is 2.77. The van der Waals surface area contributed by atoms with E-state index in [0.717, 1.165) is 17.1 Å². The molecule has 0 aliphatic heterocycles. The van der Waals surface area contributed by atoms with Crippen molar-refractivity contribution in [3.8, 4) is 5.75 Å². The zero-order chi connectivity index (χ0) is 14.7. The van der Waals surface area contributed by atoms with Crippen LogP contribution in [0, 0.1) is 0 Å². The molecule has 0 saturated heterocycles. The second kappa shape index (κ2) is 10.5. The fourth-order valence-electron chi connectivity index (χ4n) is 1.37. The van der Waals surface area contributed by atoms with Gasteiger partial charge in [0.2, 0.25) is 0 Å². The number of hydrogen-bond donors (Lipinski definition) is 1. The number of nitrogens with zero attached hydrogens (tertiary/aromatic N) is 1. The molecule has 2 nitrogen and oxygen atoms in total. The first-order valence-electron chi connectivity index (χ1n) is 6.42. The number of aromatic hydroxyl groups is 1. The summed E-state index contributed by atoms with van der Waals surface area (Å²) in [6, 6.07) is 6.96. The topological polar surface area (TPSA) is 23.5 Å². The summed E-state index contributed by atoms with van der Waals surface area (Å²) in [7, 11) is 0. The number of allylic oxidation sites excluding steroid dienone is 2. The van der Waals surface area contributed by atoms with E-state index in [0.29, 0.717) is 0 Å². The minimum absolute atomic E-state index is 0.261. The van der Waals surface area contributed by atoms with Crippen molar-refractivity contribution < 1.29 is 5.11 Å². The number of phenols is 1. The number of anilines is 1. The molecule has 0 amide bonds. The first-order chi connectivity index (χ1) is 8.52. The monoisotopic (exact) mass is 249 g/mol. The lowest BCUT2D eigenvalue weighted by atomic mass is 10.2. The molecule has 1 aromatic carbocycles. The lowest BCUT2D eigenvalue weighted by Gasteiger charge is -2.24. The molecule has 102 valence electrons. The lowest BCUT2D eigenvalue weighted by Crippen LogP contribution is -2.16. The van der Waals surface area contributed by atoms with Gasteiger partial charge in [-0.3, -0.25) is 0 Å². The standard InChI is InChI=1S/C12H15NO.2C2H6/c1-9(2)13(10(3)4)11-5-7-12(14)8-6-11;2*1-2/h5-8,14H,1,3H2,2,4H3;2*1-2H3. The molecule has 0 unspecified atom stereocenters. The van der Waals surface area contributed by atoms with Crippen molar-refractivity contribution in [3.05, 3.63) is 48.8 Å². The van der Waals surface area contributed by atoms with Crippen LogP contribution in [0.25, 0.3) is 0 Å². The Morgan fingerprint density at radius 2 is 1.22 bits per heavy atom. The molecule has 1 aromatic rings. The Kier molecular flexibility index (Phi) is 10.8. The summed E-state index contributed by atoms with van der Waals surface area (Å²) in [5.74, 6) is 0.261. The average molecular weight is 249 g/mol. The third-order valence-corrected chi connectivity index (χ3v) is 1.87. The number of rotatable bonds is 3. The molecule has 1 N–H and O–H groups in total. The summed E-state index contributed by atoms with van der Waals surface area (Å²) >= 11 is 0. The van der Waals surface area contributed by atoms with E-state index in [1.807, 2.05) is 58.6 Å². The van der Waals surface area contributed by atoms with Crippen molar-refractivity contribution in [3.63, 3.8) is 0 Å². The van der Waals surface area contributed by atoms with E-state index in [-0.39, 0.29) is 5.75 Å². The van der Waals surface area contributed by atoms with Crippen molar-refractivity contribution in [2.24, 2.45) is 0 Å². The molecule has 0 spiro atoms. The second-order valence-corrected chi connectivity index (χ2v) is 3.32. The van der Waals surface area contributed by atoms with Crippen LogP contribution in [-0.2, 0) is 0 Å². The maximum Gasteiger partial charge on any atom is 0.115 e. The highest BCUT2D eigenvalue weighted by atomic mass is 16.3. The first-order valence-corrected chi connectivity index (χ1v) is 6.42. The van der Waals surface area contributed by atoms with Crippen molar-refractivity contribution in [1.82, 2.24) is 0 Å². The third kappa shape index (κ3) is 6.14. The Labute approximate surface area is 112 Å². The molecule has 0 heterocycles. The van der Waals surface area contributed by atoms with Gasteiger partial charge in [0.25, 0.3) is 0 Å². The molecule has 0 atom stereocenters. The molecule has 0 aromatic heterocycles. The minimum Gasteiger partial charge on any atom is -0.508 e. The maximum atomic E-state index is 9.15. The zero-order valence-corrected chi connectivity index (χ0v) is 12.6. The Morgan fingerprint density at radius 1 is 0.889 bits per heavy atom. The molecule has 0 saturated carbocycles. The fraction of sp³-hybridized carbons (Fsp3) is 0.375. The van der Waals surface area contributed by atoms with Gasteiger partial charge in [0.1, 0.15) is 5.75 Å². The van der Waals surface area contributed by atoms with Gasteiger partial charge in [-0.05, 0) is 38.1 Å². The van der Waals surface area contributed by atoms with Crippen LogP contribution in [0.3, 0.4) is 0 Å². The van der Waals surface area contributed by atoms with Crippen LogP contribution in [0.4, 0.5) is 5.69 Å². The van der Waals surface area contributed by atoms with E-state index in [2.05, 4.69) is 13.2 Å². The minimum atomic E-state index is 0.261. The summed E-state index contributed by atoms with van der Waals surface area (Å²) in [4.78, 5) is 1.93. The molecule has 1 rings (SSSR count). The Morgan fingerprint density at radius 3 is 1.50 bits per heavy atom. The molecular weight excluding hydrogens is 222 g/mol. The molecule has 18 heavy (non-hydrogen) atoms. The smallest absolute Gasteiger partial charge is 0.115 e. The lowest BCUT2D eigenvalue weighted by molar-refractivity contribution is 0.475. The number of phenolic OH excluding ortho intramolecular Hbond substituents is 1. The average Bonchev–Trinajstić information content (AvgIpc) is 2.36. The molecule has 0 fully saturated rings. The molecule has 0 bridgehead atoms. The molecular formula is C16H27NO. The van der Waals surface area contributed by atoms with E-state index in [4.69, 9.17) is 5.11 Å². The van der Waals surface area contributed by atoms with Crippen LogP contribution in [0.15, 0.2) is 48.8 Å². The number of benzene rings is 1. The fourth-order valence-corrected chi connectivity index (χ4v) is 1.37. The summed E-state index contributed by atoms with van der Waals surface area (Å²) < 4.78 is 0. The van der Waals surface area contributed by atoms with Gasteiger partial charge in [-0.1, -0.05) is 40.9 Å². The Bertz CT molecular complexity index is 338. The molecule has 0 radical (unpaired) electrons. The van der Waals surface area contributed by atoms with Gasteiger partial charge >= 0.3 is 0 Å². The second-order valence-electron chi connectivity index (χ2n) is 3.32. The van der Waals surface area contributed by atoms with Crippen LogP contribution in [0.2, 0.25) is 0 Å². The SMILES string of the molecule is C=C(C)N(C(=C)C)c1ccc(O)cc1.CC.CC. The van der Waals surface area contributed by atoms with Crippen molar-refractivity contribution in [2.45, 2.75) is 41.5 Å². The van der Waals surface area contributed by atoms with Crippen molar-refractivity contribution in [1.29, 1.82) is 0 Å². The highest BCUT2D eigenvalue weighted by Crippen LogP contribution is 2.24. The quantitative estimate of drug-likeness (QED) is 0.783. The maximum absolute atomic E-state index is 9.15. The van der Waals surface area contributed by atoms with E-state index in [1.165, 1.54) is 0 Å². The summed E-state index contributed by atoms with van der Waals surface area (Å²) in [6.45, 7) is 19.6. The normalized spacial score (nSPS) is 8.11. The van der Waals surface area contributed by atoms with Gasteiger partial charge < -0.3 is 10.0 Å². The van der Waals surface area contributed by atoms with Gasteiger partial charge in [-0.15, -0.1) is 0 Å². The van der Waals surface area contributed by atoms with Crippen LogP contribution >= 0.6 is 0 Å². The van der Waals surface area contributed by atoms with Gasteiger partial charge in [0.15, 0.2) is 0 Å². The third-order valence-electron chi connectivity index (χ3n) is 1.87. The van der Waals surface area contributed by atoms with Gasteiger partial charge in [-0.25, -0.2) is 0 Å². The highest BCUT2D eigenvalue weighted by molar-refractivity contribution is 5.57. The Balaban J connectivity index is 0. The molecule has 0 aliphatic carbocycles. The molecule has 2 heteroatoms.